The number of hydrogen-bond acceptors (Lipinski definition) is 6. The van der Waals surface area contributed by atoms with Gasteiger partial charge in [0.15, 0.2) is 0 Å². The van der Waals surface area contributed by atoms with Crippen molar-refractivity contribution in [1.29, 1.82) is 0 Å². The first kappa shape index (κ1) is 15.0. The van der Waals surface area contributed by atoms with Crippen molar-refractivity contribution in [1.82, 2.24) is 15.0 Å². The molecule has 1 N–H and O–H groups in total. The zero-order valence-electron chi connectivity index (χ0n) is 12.6. The van der Waals surface area contributed by atoms with Gasteiger partial charge in [0.25, 0.3) is 0 Å². The van der Waals surface area contributed by atoms with Gasteiger partial charge in [0.1, 0.15) is 5.75 Å². The van der Waals surface area contributed by atoms with E-state index in [9.17, 15) is 0 Å². The first-order chi connectivity index (χ1) is 10.2. The minimum atomic E-state index is 0.213. The van der Waals surface area contributed by atoms with Crippen LogP contribution in [0.1, 0.15) is 25.8 Å². The third kappa shape index (κ3) is 4.30. The number of nitrogens with zero attached hydrogens (tertiary/aromatic N) is 3. The number of aromatic nitrogens is 3. The average Bonchev–Trinajstić information content (AvgIpc) is 2.53. The predicted molar refractivity (Wildman–Crippen MR) is 81.1 cm³/mol. The Bertz CT molecular complexity index is 572. The highest BCUT2D eigenvalue weighted by Gasteiger charge is 2.08. The molecule has 6 nitrogen and oxygen atoms in total. The van der Waals surface area contributed by atoms with Gasteiger partial charge in [-0.1, -0.05) is 26.0 Å². The number of rotatable bonds is 7. The molecule has 1 aromatic heterocycles. The van der Waals surface area contributed by atoms with Gasteiger partial charge in [-0.2, -0.15) is 9.97 Å². The Morgan fingerprint density at radius 1 is 1.00 bits per heavy atom. The summed E-state index contributed by atoms with van der Waals surface area (Å²) < 4.78 is 10.7. The van der Waals surface area contributed by atoms with Gasteiger partial charge in [-0.15, -0.1) is 4.98 Å². The minimum absolute atomic E-state index is 0.213. The first-order valence-corrected chi connectivity index (χ1v) is 7.05. The van der Waals surface area contributed by atoms with E-state index >= 15 is 0 Å². The highest BCUT2D eigenvalue weighted by atomic mass is 16.5. The van der Waals surface area contributed by atoms with Crippen LogP contribution in [0, 0.1) is 0 Å². The molecule has 1 aromatic carbocycles. The molecule has 21 heavy (non-hydrogen) atoms. The topological polar surface area (TPSA) is 69.2 Å². The van der Waals surface area contributed by atoms with E-state index in [-0.39, 0.29) is 12.0 Å². The fraction of sp³-hybridized carbons (Fsp3) is 0.400. The highest BCUT2D eigenvalue weighted by Crippen LogP contribution is 2.21. The summed E-state index contributed by atoms with van der Waals surface area (Å²) in [7, 11) is 1.51. The molecule has 0 saturated heterocycles. The molecule has 0 spiro atoms. The second kappa shape index (κ2) is 7.42. The normalized spacial score (nSPS) is 10.2. The lowest BCUT2D eigenvalue weighted by Crippen LogP contribution is -2.07. The first-order valence-electron chi connectivity index (χ1n) is 7.05. The number of aryl methyl sites for hydroxylation is 1. The lowest BCUT2D eigenvalue weighted by atomic mass is 10.2. The maximum atomic E-state index is 5.66. The van der Waals surface area contributed by atoms with Gasteiger partial charge in [-0.3, -0.25) is 0 Å². The molecule has 0 unspecified atom stereocenters. The van der Waals surface area contributed by atoms with E-state index in [2.05, 4.69) is 34.1 Å². The quantitative estimate of drug-likeness (QED) is 0.844. The van der Waals surface area contributed by atoms with E-state index in [4.69, 9.17) is 9.47 Å². The van der Waals surface area contributed by atoms with Crippen molar-refractivity contribution < 1.29 is 9.47 Å². The van der Waals surface area contributed by atoms with E-state index in [1.165, 1.54) is 12.7 Å². The predicted octanol–water partition coefficient (Wildman–Crippen LogP) is 3.06. The zero-order chi connectivity index (χ0) is 15.1. The van der Waals surface area contributed by atoms with Gasteiger partial charge in [-0.05, 0) is 30.5 Å². The summed E-state index contributed by atoms with van der Waals surface area (Å²) in [5.74, 6) is 1.13. The molecule has 0 aliphatic carbocycles. The third-order valence-electron chi connectivity index (χ3n) is 2.85. The van der Waals surface area contributed by atoms with Crippen molar-refractivity contribution >= 4 is 5.95 Å². The van der Waals surface area contributed by atoms with Crippen LogP contribution in [0.4, 0.5) is 5.95 Å². The fourth-order valence-corrected chi connectivity index (χ4v) is 1.69. The molecule has 112 valence electrons. The van der Waals surface area contributed by atoms with Crippen molar-refractivity contribution in [2.75, 3.05) is 19.0 Å². The summed E-state index contributed by atoms with van der Waals surface area (Å²) in [6.07, 6.45) is 1.97. The molecule has 0 aliphatic heterocycles. The molecule has 0 saturated carbocycles. The summed E-state index contributed by atoms with van der Waals surface area (Å²) in [5.41, 5.74) is 1.25. The molecule has 6 heteroatoms. The lowest BCUT2D eigenvalue weighted by Gasteiger charge is -2.08. The summed E-state index contributed by atoms with van der Waals surface area (Å²) in [6, 6.07) is 8.27. The molecule has 2 aromatic rings. The highest BCUT2D eigenvalue weighted by molar-refractivity contribution is 5.32. The largest absolute Gasteiger partial charge is 0.467 e. The second-order valence-corrected chi connectivity index (χ2v) is 4.45. The maximum Gasteiger partial charge on any atom is 0.330 e. The van der Waals surface area contributed by atoms with Crippen LogP contribution >= 0.6 is 0 Å². The van der Waals surface area contributed by atoms with Crippen LogP contribution in [0.5, 0.6) is 17.8 Å². The van der Waals surface area contributed by atoms with Crippen molar-refractivity contribution in [2.45, 2.75) is 26.7 Å². The number of methoxy groups -OCH3 is 1. The number of nitrogens with one attached hydrogen (secondary N) is 1. The number of benzene rings is 1. The van der Waals surface area contributed by atoms with Gasteiger partial charge in [0.05, 0.1) is 7.11 Å². The Morgan fingerprint density at radius 3 is 2.33 bits per heavy atom. The van der Waals surface area contributed by atoms with Crippen LogP contribution in [0.15, 0.2) is 24.3 Å². The smallest absolute Gasteiger partial charge is 0.330 e. The SMILES string of the molecule is CCCNc1nc(OC)nc(Oc2ccc(CC)cc2)n1. The Balaban J connectivity index is 2.16. The Hall–Kier alpha value is -2.37. The van der Waals surface area contributed by atoms with Crippen LogP contribution in [0.3, 0.4) is 0 Å². The third-order valence-corrected chi connectivity index (χ3v) is 2.85. The molecule has 0 fully saturated rings. The number of anilines is 1. The number of ether oxygens (including phenoxy) is 2. The van der Waals surface area contributed by atoms with Gasteiger partial charge in [0.2, 0.25) is 5.95 Å². The van der Waals surface area contributed by atoms with Crippen molar-refractivity contribution in [2.24, 2.45) is 0 Å². The summed E-state index contributed by atoms with van der Waals surface area (Å²) in [5, 5.41) is 3.09. The van der Waals surface area contributed by atoms with Crippen LogP contribution in [-0.4, -0.2) is 28.6 Å². The zero-order valence-corrected chi connectivity index (χ0v) is 12.6. The molecule has 0 aliphatic rings. The van der Waals surface area contributed by atoms with E-state index in [1.807, 2.05) is 24.3 Å². The lowest BCUT2D eigenvalue weighted by molar-refractivity contribution is 0.360. The number of hydrogen-bond donors (Lipinski definition) is 1. The Morgan fingerprint density at radius 2 is 1.71 bits per heavy atom. The molecule has 0 bridgehead atoms. The van der Waals surface area contributed by atoms with Crippen molar-refractivity contribution in [3.8, 4) is 17.8 Å². The summed E-state index contributed by atoms with van der Waals surface area (Å²) in [6.45, 7) is 4.95. The van der Waals surface area contributed by atoms with Gasteiger partial charge >= 0.3 is 12.0 Å². The monoisotopic (exact) mass is 288 g/mol. The van der Waals surface area contributed by atoms with Crippen LogP contribution in [0.25, 0.3) is 0 Å². The van der Waals surface area contributed by atoms with E-state index in [0.717, 1.165) is 19.4 Å². The minimum Gasteiger partial charge on any atom is -0.467 e. The molecule has 0 radical (unpaired) electrons. The maximum absolute atomic E-state index is 5.66. The summed E-state index contributed by atoms with van der Waals surface area (Å²) in [4.78, 5) is 12.4. The van der Waals surface area contributed by atoms with Gasteiger partial charge in [0, 0.05) is 6.54 Å². The molecular weight excluding hydrogens is 268 g/mol. The van der Waals surface area contributed by atoms with Gasteiger partial charge in [-0.25, -0.2) is 0 Å². The molecular formula is C15H20N4O2. The van der Waals surface area contributed by atoms with E-state index < -0.39 is 0 Å². The van der Waals surface area contributed by atoms with Crippen molar-refractivity contribution in [3.63, 3.8) is 0 Å². The molecule has 0 atom stereocenters. The molecule has 0 amide bonds. The van der Waals surface area contributed by atoms with Crippen LogP contribution in [-0.2, 0) is 6.42 Å². The van der Waals surface area contributed by atoms with Crippen LogP contribution in [0.2, 0.25) is 0 Å². The van der Waals surface area contributed by atoms with Crippen molar-refractivity contribution in [3.05, 3.63) is 29.8 Å². The second-order valence-electron chi connectivity index (χ2n) is 4.45. The van der Waals surface area contributed by atoms with E-state index in [1.54, 1.807) is 0 Å². The van der Waals surface area contributed by atoms with Crippen LogP contribution < -0.4 is 14.8 Å². The molecule has 1 heterocycles. The van der Waals surface area contributed by atoms with E-state index in [0.29, 0.717) is 11.7 Å². The Labute approximate surface area is 124 Å². The standard InChI is InChI=1S/C15H20N4O2/c1-4-10-16-13-17-14(20-3)19-15(18-13)21-12-8-6-11(5-2)7-9-12/h6-9H,4-5,10H2,1-3H3,(H,16,17,18,19). The Kier molecular flexibility index (Phi) is 5.31. The average molecular weight is 288 g/mol. The van der Waals surface area contributed by atoms with Gasteiger partial charge < -0.3 is 14.8 Å². The molecule has 2 rings (SSSR count). The fourth-order valence-electron chi connectivity index (χ4n) is 1.69. The summed E-state index contributed by atoms with van der Waals surface area (Å²) >= 11 is 0.